The van der Waals surface area contributed by atoms with Gasteiger partial charge in [-0.15, -0.1) is 0 Å². The number of likely N-dealkylation sites (N-methyl/N-ethyl adjacent to an activating group) is 1. The average molecular weight is 346 g/mol. The number of sulfonamides is 1. The van der Waals surface area contributed by atoms with Gasteiger partial charge in [0.25, 0.3) is 0 Å². The Morgan fingerprint density at radius 3 is 2.00 bits per heavy atom. The maximum Gasteiger partial charge on any atom is 0.239 e. The van der Waals surface area contributed by atoms with E-state index in [9.17, 15) is 13.2 Å². The van der Waals surface area contributed by atoms with Crippen molar-refractivity contribution < 1.29 is 13.2 Å². The lowest BCUT2D eigenvalue weighted by atomic mass is 10.2. The Morgan fingerprint density at radius 2 is 1.52 bits per heavy atom. The topological polar surface area (TPSA) is 64.2 Å². The van der Waals surface area contributed by atoms with E-state index in [4.69, 9.17) is 0 Å². The molecule has 0 spiro atoms. The van der Waals surface area contributed by atoms with Gasteiger partial charge in [0.15, 0.2) is 0 Å². The summed E-state index contributed by atoms with van der Waals surface area (Å²) in [6.07, 6.45) is 0. The number of carbonyl (C=O) groups is 1. The van der Waals surface area contributed by atoms with Gasteiger partial charge in [-0.25, -0.2) is 8.42 Å². The van der Waals surface area contributed by atoms with Gasteiger partial charge < -0.3 is 9.80 Å². The van der Waals surface area contributed by atoms with Crippen molar-refractivity contribution in [3.05, 3.63) is 0 Å². The van der Waals surface area contributed by atoms with Gasteiger partial charge in [0, 0.05) is 52.4 Å². The number of amides is 1. The van der Waals surface area contributed by atoms with E-state index in [-0.39, 0.29) is 17.7 Å². The first-order valence-corrected chi connectivity index (χ1v) is 10.2. The van der Waals surface area contributed by atoms with Crippen molar-refractivity contribution in [2.75, 3.05) is 64.7 Å². The molecule has 134 valence electrons. The lowest BCUT2D eigenvalue weighted by Crippen LogP contribution is -2.58. The van der Waals surface area contributed by atoms with E-state index in [1.54, 1.807) is 11.2 Å². The molecule has 2 aliphatic rings. The first kappa shape index (κ1) is 18.6. The van der Waals surface area contributed by atoms with Crippen LogP contribution in [0.15, 0.2) is 0 Å². The molecule has 2 saturated heterocycles. The zero-order valence-corrected chi connectivity index (χ0v) is 15.4. The van der Waals surface area contributed by atoms with Crippen molar-refractivity contribution in [3.8, 4) is 0 Å². The third-order valence-corrected chi connectivity index (χ3v) is 6.95. The molecule has 0 bridgehead atoms. The summed E-state index contributed by atoms with van der Waals surface area (Å²) in [6, 6.07) is -0.172. The highest BCUT2D eigenvalue weighted by Gasteiger charge is 2.32. The number of nitrogens with zero attached hydrogens (tertiary/aromatic N) is 4. The Balaban J connectivity index is 1.85. The molecule has 0 radical (unpaired) electrons. The highest BCUT2D eigenvalue weighted by molar-refractivity contribution is 7.89. The number of carbonyl (C=O) groups excluding carboxylic acids is 1. The molecule has 0 aromatic heterocycles. The van der Waals surface area contributed by atoms with Gasteiger partial charge in [0.2, 0.25) is 15.9 Å². The molecular formula is C15H30N4O3S. The van der Waals surface area contributed by atoms with Crippen LogP contribution < -0.4 is 0 Å². The average Bonchev–Trinajstić information content (AvgIpc) is 2.60. The summed E-state index contributed by atoms with van der Waals surface area (Å²) in [5, 5.41) is 0. The first-order chi connectivity index (χ1) is 10.9. The van der Waals surface area contributed by atoms with Gasteiger partial charge in [-0.2, -0.15) is 4.31 Å². The third-order valence-electron chi connectivity index (χ3n) is 5.07. The smallest absolute Gasteiger partial charge is 0.239 e. The van der Waals surface area contributed by atoms with Crippen LogP contribution in [0, 0.1) is 0 Å². The molecule has 1 atom stereocenters. The molecule has 0 aliphatic carbocycles. The number of rotatable bonds is 5. The van der Waals surface area contributed by atoms with Crippen LogP contribution in [-0.2, 0) is 14.8 Å². The lowest BCUT2D eigenvalue weighted by molar-refractivity contribution is -0.138. The Hall–Kier alpha value is -0.700. The standard InChI is InChI=1S/C15H30N4O3S/c1-4-16-6-8-18(9-7-16)15(20)14(3)17-10-12-19(13-11-17)23(21,22)5-2/h14H,4-13H2,1-3H3. The Bertz CT molecular complexity index is 495. The summed E-state index contributed by atoms with van der Waals surface area (Å²) in [6.45, 7) is 12.5. The second kappa shape index (κ2) is 7.92. The van der Waals surface area contributed by atoms with Crippen molar-refractivity contribution in [1.82, 2.24) is 19.0 Å². The minimum atomic E-state index is -3.11. The van der Waals surface area contributed by atoms with Crippen LogP contribution in [0.3, 0.4) is 0 Å². The van der Waals surface area contributed by atoms with E-state index in [1.165, 1.54) is 0 Å². The van der Waals surface area contributed by atoms with Gasteiger partial charge in [-0.1, -0.05) is 6.92 Å². The molecule has 0 aromatic rings. The summed E-state index contributed by atoms with van der Waals surface area (Å²) < 4.78 is 25.3. The van der Waals surface area contributed by atoms with Crippen molar-refractivity contribution in [1.29, 1.82) is 0 Å². The van der Waals surface area contributed by atoms with Crippen LogP contribution >= 0.6 is 0 Å². The number of piperazine rings is 2. The Morgan fingerprint density at radius 1 is 0.957 bits per heavy atom. The van der Waals surface area contributed by atoms with Crippen molar-refractivity contribution in [2.45, 2.75) is 26.8 Å². The van der Waals surface area contributed by atoms with E-state index >= 15 is 0 Å². The van der Waals surface area contributed by atoms with E-state index in [0.29, 0.717) is 26.2 Å². The molecule has 2 heterocycles. The van der Waals surface area contributed by atoms with Gasteiger partial charge >= 0.3 is 0 Å². The third kappa shape index (κ3) is 4.43. The SMILES string of the molecule is CCN1CCN(C(=O)C(C)N2CCN(S(=O)(=O)CC)CC2)CC1. The zero-order valence-electron chi connectivity index (χ0n) is 14.6. The number of hydrogen-bond donors (Lipinski definition) is 0. The predicted molar refractivity (Wildman–Crippen MR) is 90.8 cm³/mol. The summed E-state index contributed by atoms with van der Waals surface area (Å²) in [5.41, 5.74) is 0. The zero-order chi connectivity index (χ0) is 17.0. The highest BCUT2D eigenvalue weighted by atomic mass is 32.2. The quantitative estimate of drug-likeness (QED) is 0.672. The molecule has 1 unspecified atom stereocenters. The Labute approximate surface area is 140 Å². The Kier molecular flexibility index (Phi) is 6.41. The molecule has 2 rings (SSSR count). The molecule has 2 fully saturated rings. The van der Waals surface area contributed by atoms with Crippen LogP contribution in [0.1, 0.15) is 20.8 Å². The summed E-state index contributed by atoms with van der Waals surface area (Å²) in [4.78, 5) is 19.1. The second-order valence-corrected chi connectivity index (χ2v) is 8.53. The molecule has 8 heteroatoms. The molecule has 7 nitrogen and oxygen atoms in total. The summed E-state index contributed by atoms with van der Waals surface area (Å²) in [7, 11) is -3.11. The van der Waals surface area contributed by atoms with Crippen LogP contribution in [0.2, 0.25) is 0 Å². The molecule has 0 aromatic carbocycles. The highest BCUT2D eigenvalue weighted by Crippen LogP contribution is 2.13. The van der Waals surface area contributed by atoms with Crippen LogP contribution in [0.5, 0.6) is 0 Å². The van der Waals surface area contributed by atoms with Gasteiger partial charge in [0.05, 0.1) is 11.8 Å². The molecule has 1 amide bonds. The van der Waals surface area contributed by atoms with Crippen molar-refractivity contribution >= 4 is 15.9 Å². The largest absolute Gasteiger partial charge is 0.339 e. The maximum absolute atomic E-state index is 12.7. The summed E-state index contributed by atoms with van der Waals surface area (Å²) >= 11 is 0. The minimum absolute atomic E-state index is 0.142. The maximum atomic E-state index is 12.7. The lowest BCUT2D eigenvalue weighted by Gasteiger charge is -2.40. The monoisotopic (exact) mass is 346 g/mol. The van der Waals surface area contributed by atoms with Crippen LogP contribution in [0.4, 0.5) is 0 Å². The molecule has 2 aliphatic heterocycles. The summed E-state index contributed by atoms with van der Waals surface area (Å²) in [5.74, 6) is 0.316. The molecule has 23 heavy (non-hydrogen) atoms. The molecule has 0 saturated carbocycles. The van der Waals surface area contributed by atoms with Crippen molar-refractivity contribution in [3.63, 3.8) is 0 Å². The molecule has 0 N–H and O–H groups in total. The fraction of sp³-hybridized carbons (Fsp3) is 0.933. The fourth-order valence-electron chi connectivity index (χ4n) is 3.26. The minimum Gasteiger partial charge on any atom is -0.339 e. The van der Waals surface area contributed by atoms with Crippen LogP contribution in [0.25, 0.3) is 0 Å². The molecular weight excluding hydrogens is 316 g/mol. The number of hydrogen-bond acceptors (Lipinski definition) is 5. The van der Waals surface area contributed by atoms with Gasteiger partial charge in [-0.05, 0) is 20.4 Å². The van der Waals surface area contributed by atoms with Gasteiger partial charge in [-0.3, -0.25) is 9.69 Å². The van der Waals surface area contributed by atoms with E-state index in [0.717, 1.165) is 32.7 Å². The fourth-order valence-corrected chi connectivity index (χ4v) is 4.34. The van der Waals surface area contributed by atoms with Gasteiger partial charge in [0.1, 0.15) is 0 Å². The second-order valence-electron chi connectivity index (χ2n) is 6.27. The van der Waals surface area contributed by atoms with E-state index < -0.39 is 10.0 Å². The van der Waals surface area contributed by atoms with E-state index in [1.807, 2.05) is 11.8 Å². The van der Waals surface area contributed by atoms with Crippen molar-refractivity contribution in [2.24, 2.45) is 0 Å². The van der Waals surface area contributed by atoms with E-state index in [2.05, 4.69) is 16.7 Å². The predicted octanol–water partition coefficient (Wildman–Crippen LogP) is -0.494. The normalized spacial score (nSPS) is 23.9. The van der Waals surface area contributed by atoms with Crippen LogP contribution in [-0.4, -0.2) is 104 Å². The first-order valence-electron chi connectivity index (χ1n) is 8.62.